The maximum atomic E-state index is 6.44. The molecule has 1 saturated heterocycles. The average Bonchev–Trinajstić information content (AvgIpc) is 2.78. The van der Waals surface area contributed by atoms with Gasteiger partial charge in [-0.15, -0.1) is 0 Å². The van der Waals surface area contributed by atoms with Crippen molar-refractivity contribution < 1.29 is 0 Å². The van der Waals surface area contributed by atoms with Crippen molar-refractivity contribution in [2.24, 2.45) is 23.5 Å². The van der Waals surface area contributed by atoms with Crippen LogP contribution in [0.4, 0.5) is 0 Å². The molecule has 1 aliphatic carbocycles. The van der Waals surface area contributed by atoms with Crippen molar-refractivity contribution in [3.8, 4) is 0 Å². The number of nitrogens with two attached hydrogens (primary N) is 1. The van der Waals surface area contributed by atoms with Crippen LogP contribution in [0.3, 0.4) is 0 Å². The fraction of sp³-hybridized carbons (Fsp3) is 1.00. The van der Waals surface area contributed by atoms with Crippen LogP contribution in [0, 0.1) is 17.8 Å². The molecule has 0 amide bonds. The minimum absolute atomic E-state index is 0.416. The van der Waals surface area contributed by atoms with Gasteiger partial charge in [-0.25, -0.2) is 0 Å². The fourth-order valence-electron chi connectivity index (χ4n) is 4.13. The first-order valence-electron chi connectivity index (χ1n) is 8.02. The first kappa shape index (κ1) is 14.3. The zero-order valence-electron chi connectivity index (χ0n) is 12.7. The molecule has 1 aliphatic heterocycles. The fourth-order valence-corrected chi connectivity index (χ4v) is 4.13. The standard InChI is InChI=1S/C16H32N2/c1-11(2)13-7-8-14(17)16(10-13)18-9-5-6-15(18)12(3)4/h11-16H,5-10,17H2,1-4H3. The Hall–Kier alpha value is -0.0800. The normalized spacial score (nSPS) is 38.8. The van der Waals surface area contributed by atoms with Gasteiger partial charge in [-0.2, -0.15) is 0 Å². The molecule has 2 fully saturated rings. The molecule has 0 bridgehead atoms. The lowest BCUT2D eigenvalue weighted by molar-refractivity contribution is 0.0708. The second-order valence-corrected chi connectivity index (χ2v) is 7.24. The van der Waals surface area contributed by atoms with Crippen LogP contribution in [0.25, 0.3) is 0 Å². The Morgan fingerprint density at radius 3 is 2.33 bits per heavy atom. The summed E-state index contributed by atoms with van der Waals surface area (Å²) >= 11 is 0. The van der Waals surface area contributed by atoms with Crippen LogP contribution < -0.4 is 5.73 Å². The van der Waals surface area contributed by atoms with Crippen LogP contribution >= 0.6 is 0 Å². The SMILES string of the molecule is CC(C)C1CCC(N)C(N2CCCC2C(C)C)C1. The minimum atomic E-state index is 0.416. The van der Waals surface area contributed by atoms with E-state index in [1.807, 2.05) is 0 Å². The Balaban J connectivity index is 2.05. The van der Waals surface area contributed by atoms with Crippen LogP contribution in [-0.2, 0) is 0 Å². The zero-order chi connectivity index (χ0) is 13.3. The van der Waals surface area contributed by atoms with Crippen molar-refractivity contribution in [3.05, 3.63) is 0 Å². The molecule has 0 radical (unpaired) electrons. The molecule has 0 aromatic rings. The summed E-state index contributed by atoms with van der Waals surface area (Å²) < 4.78 is 0. The second kappa shape index (κ2) is 5.92. The molecular formula is C16H32N2. The van der Waals surface area contributed by atoms with Crippen LogP contribution in [0.5, 0.6) is 0 Å². The van der Waals surface area contributed by atoms with E-state index in [4.69, 9.17) is 5.73 Å². The smallest absolute Gasteiger partial charge is 0.0252 e. The molecule has 18 heavy (non-hydrogen) atoms. The molecule has 1 saturated carbocycles. The van der Waals surface area contributed by atoms with Crippen molar-refractivity contribution in [3.63, 3.8) is 0 Å². The summed E-state index contributed by atoms with van der Waals surface area (Å²) in [5.41, 5.74) is 6.44. The van der Waals surface area contributed by atoms with E-state index in [1.54, 1.807) is 0 Å². The molecule has 0 spiro atoms. The quantitative estimate of drug-likeness (QED) is 0.835. The number of nitrogens with zero attached hydrogens (tertiary/aromatic N) is 1. The summed E-state index contributed by atoms with van der Waals surface area (Å²) in [5.74, 6) is 2.49. The van der Waals surface area contributed by atoms with Gasteiger partial charge in [-0.3, -0.25) is 4.90 Å². The first-order valence-corrected chi connectivity index (χ1v) is 8.02. The van der Waals surface area contributed by atoms with E-state index in [2.05, 4.69) is 32.6 Å². The number of likely N-dealkylation sites (tertiary alicyclic amines) is 1. The molecule has 2 heteroatoms. The molecule has 2 aliphatic rings. The predicted molar refractivity (Wildman–Crippen MR) is 78.5 cm³/mol. The molecular weight excluding hydrogens is 220 g/mol. The van der Waals surface area contributed by atoms with Gasteiger partial charge in [0.05, 0.1) is 0 Å². The molecule has 106 valence electrons. The van der Waals surface area contributed by atoms with Crippen LogP contribution in [0.1, 0.15) is 59.8 Å². The van der Waals surface area contributed by atoms with Crippen LogP contribution in [0.2, 0.25) is 0 Å². The van der Waals surface area contributed by atoms with Gasteiger partial charge in [0.1, 0.15) is 0 Å². The van der Waals surface area contributed by atoms with Crippen molar-refractivity contribution in [2.45, 2.75) is 77.9 Å². The van der Waals surface area contributed by atoms with E-state index in [0.717, 1.165) is 23.8 Å². The highest BCUT2D eigenvalue weighted by atomic mass is 15.2. The van der Waals surface area contributed by atoms with E-state index in [-0.39, 0.29) is 0 Å². The lowest BCUT2D eigenvalue weighted by Gasteiger charge is -2.44. The van der Waals surface area contributed by atoms with E-state index >= 15 is 0 Å². The third kappa shape index (κ3) is 2.91. The van der Waals surface area contributed by atoms with E-state index in [1.165, 1.54) is 38.6 Å². The van der Waals surface area contributed by atoms with Crippen molar-refractivity contribution >= 4 is 0 Å². The Kier molecular flexibility index (Phi) is 4.71. The summed E-state index contributed by atoms with van der Waals surface area (Å²) in [6.07, 6.45) is 6.66. The van der Waals surface area contributed by atoms with Gasteiger partial charge < -0.3 is 5.73 Å². The lowest BCUT2D eigenvalue weighted by Crippen LogP contribution is -2.54. The van der Waals surface area contributed by atoms with Gasteiger partial charge in [-0.05, 0) is 56.4 Å². The molecule has 2 N–H and O–H groups in total. The third-order valence-electron chi connectivity index (χ3n) is 5.39. The van der Waals surface area contributed by atoms with Gasteiger partial charge in [-0.1, -0.05) is 27.7 Å². The summed E-state index contributed by atoms with van der Waals surface area (Å²) in [6.45, 7) is 10.8. The molecule has 0 aromatic carbocycles. The summed E-state index contributed by atoms with van der Waals surface area (Å²) in [5, 5.41) is 0. The molecule has 4 unspecified atom stereocenters. The van der Waals surface area contributed by atoms with Gasteiger partial charge in [0.2, 0.25) is 0 Å². The van der Waals surface area contributed by atoms with E-state index in [9.17, 15) is 0 Å². The van der Waals surface area contributed by atoms with Crippen LogP contribution in [0.15, 0.2) is 0 Å². The Morgan fingerprint density at radius 1 is 1.00 bits per heavy atom. The van der Waals surface area contributed by atoms with Gasteiger partial charge in [0.25, 0.3) is 0 Å². The van der Waals surface area contributed by atoms with Crippen LogP contribution in [-0.4, -0.2) is 29.6 Å². The Bertz CT molecular complexity index is 262. The largest absolute Gasteiger partial charge is 0.326 e. The molecule has 2 rings (SSSR count). The topological polar surface area (TPSA) is 29.3 Å². The lowest BCUT2D eigenvalue weighted by atomic mass is 9.76. The van der Waals surface area contributed by atoms with Crippen molar-refractivity contribution in [2.75, 3.05) is 6.54 Å². The number of hydrogen-bond donors (Lipinski definition) is 1. The summed E-state index contributed by atoms with van der Waals surface area (Å²) in [4.78, 5) is 2.77. The highest BCUT2D eigenvalue weighted by Gasteiger charge is 2.39. The average molecular weight is 252 g/mol. The second-order valence-electron chi connectivity index (χ2n) is 7.24. The third-order valence-corrected chi connectivity index (χ3v) is 5.39. The molecule has 0 aromatic heterocycles. The highest BCUT2D eigenvalue weighted by molar-refractivity contribution is 4.95. The number of rotatable bonds is 3. The van der Waals surface area contributed by atoms with Gasteiger partial charge in [0, 0.05) is 18.1 Å². The highest BCUT2D eigenvalue weighted by Crippen LogP contribution is 2.36. The Morgan fingerprint density at radius 2 is 1.72 bits per heavy atom. The molecule has 1 heterocycles. The number of hydrogen-bond acceptors (Lipinski definition) is 2. The first-order chi connectivity index (χ1) is 8.50. The summed E-state index contributed by atoms with van der Waals surface area (Å²) in [6, 6.07) is 1.85. The summed E-state index contributed by atoms with van der Waals surface area (Å²) in [7, 11) is 0. The minimum Gasteiger partial charge on any atom is -0.326 e. The van der Waals surface area contributed by atoms with Gasteiger partial charge >= 0.3 is 0 Å². The molecule has 4 atom stereocenters. The van der Waals surface area contributed by atoms with E-state index < -0.39 is 0 Å². The van der Waals surface area contributed by atoms with Crippen molar-refractivity contribution in [1.29, 1.82) is 0 Å². The Labute approximate surface area is 113 Å². The van der Waals surface area contributed by atoms with Crippen molar-refractivity contribution in [1.82, 2.24) is 4.90 Å². The maximum absolute atomic E-state index is 6.44. The zero-order valence-corrected chi connectivity index (χ0v) is 12.7. The maximum Gasteiger partial charge on any atom is 0.0252 e. The predicted octanol–water partition coefficient (Wildman–Crippen LogP) is 3.26. The monoisotopic (exact) mass is 252 g/mol. The molecule has 2 nitrogen and oxygen atoms in total. The van der Waals surface area contributed by atoms with Gasteiger partial charge in [0.15, 0.2) is 0 Å². The van der Waals surface area contributed by atoms with E-state index in [0.29, 0.717) is 12.1 Å².